The van der Waals surface area contributed by atoms with Crippen LogP contribution < -0.4 is 9.47 Å². The van der Waals surface area contributed by atoms with Crippen molar-refractivity contribution in [3.63, 3.8) is 0 Å². The number of ether oxygens (including phenoxy) is 3. The van der Waals surface area contributed by atoms with Gasteiger partial charge in [0.25, 0.3) is 0 Å². The standard InChI is InChI=1S/C18H17NO6/c1-9(10-2-3-11-13(6-10)24-8-23-11)19-7-18-5-4-12(25-18)14(17(21)22)15(18)16(19)20/h2-6,9,12,14-15H,7-8H2,1H3,(H,21,22)/t9-,12-,14+,15-,18-/m1/s1. The van der Waals surface area contributed by atoms with Crippen LogP contribution in [0.1, 0.15) is 18.5 Å². The summed E-state index contributed by atoms with van der Waals surface area (Å²) in [4.78, 5) is 26.4. The number of fused-ring (bicyclic) bond motifs is 2. The van der Waals surface area contributed by atoms with Gasteiger partial charge < -0.3 is 24.2 Å². The second-order valence-electron chi connectivity index (χ2n) is 6.99. The van der Waals surface area contributed by atoms with E-state index in [2.05, 4.69) is 0 Å². The predicted octanol–water partition coefficient (Wildman–Crippen LogP) is 1.34. The van der Waals surface area contributed by atoms with Crippen molar-refractivity contribution >= 4 is 11.9 Å². The van der Waals surface area contributed by atoms with Crippen molar-refractivity contribution in [2.45, 2.75) is 24.7 Å². The third-order valence-corrected chi connectivity index (χ3v) is 5.76. The zero-order valence-corrected chi connectivity index (χ0v) is 13.5. The molecule has 0 aromatic heterocycles. The summed E-state index contributed by atoms with van der Waals surface area (Å²) in [5, 5.41) is 9.53. The maximum atomic E-state index is 13.0. The lowest BCUT2D eigenvalue weighted by molar-refractivity contribution is -0.148. The molecule has 2 fully saturated rings. The third kappa shape index (κ3) is 1.84. The van der Waals surface area contributed by atoms with Crippen LogP contribution in [0.2, 0.25) is 0 Å². The van der Waals surface area contributed by atoms with Crippen molar-refractivity contribution in [2.24, 2.45) is 11.8 Å². The Bertz CT molecular complexity index is 820. The summed E-state index contributed by atoms with van der Waals surface area (Å²) in [5.74, 6) is -1.26. The number of hydrogen-bond donors (Lipinski definition) is 1. The first kappa shape index (κ1) is 14.8. The highest BCUT2D eigenvalue weighted by molar-refractivity contribution is 5.91. The van der Waals surface area contributed by atoms with E-state index < -0.39 is 29.5 Å². The minimum Gasteiger partial charge on any atom is -0.481 e. The van der Waals surface area contributed by atoms with Crippen molar-refractivity contribution < 1.29 is 28.9 Å². The van der Waals surface area contributed by atoms with Crippen LogP contribution >= 0.6 is 0 Å². The fourth-order valence-corrected chi connectivity index (χ4v) is 4.49. The Balaban J connectivity index is 1.47. The van der Waals surface area contributed by atoms with Gasteiger partial charge in [-0.15, -0.1) is 0 Å². The van der Waals surface area contributed by atoms with Gasteiger partial charge in [-0.1, -0.05) is 18.2 Å². The van der Waals surface area contributed by atoms with Gasteiger partial charge in [0.15, 0.2) is 11.5 Å². The van der Waals surface area contributed by atoms with E-state index in [-0.39, 0.29) is 18.7 Å². The molecule has 1 spiro atoms. The molecule has 5 rings (SSSR count). The highest BCUT2D eigenvalue weighted by atomic mass is 16.7. The Hall–Kier alpha value is -2.54. The first-order chi connectivity index (χ1) is 12.0. The van der Waals surface area contributed by atoms with Crippen LogP contribution in [-0.2, 0) is 14.3 Å². The number of carbonyl (C=O) groups excluding carboxylic acids is 1. The number of hydrogen-bond acceptors (Lipinski definition) is 5. The van der Waals surface area contributed by atoms with Gasteiger partial charge in [0.1, 0.15) is 11.5 Å². The lowest BCUT2D eigenvalue weighted by Gasteiger charge is -2.27. The number of rotatable bonds is 3. The first-order valence-electron chi connectivity index (χ1n) is 8.30. The van der Waals surface area contributed by atoms with Gasteiger partial charge in [0.05, 0.1) is 24.6 Å². The Kier molecular flexibility index (Phi) is 2.81. The molecule has 5 atom stereocenters. The van der Waals surface area contributed by atoms with Gasteiger partial charge in [-0.3, -0.25) is 9.59 Å². The van der Waals surface area contributed by atoms with E-state index >= 15 is 0 Å². The van der Waals surface area contributed by atoms with Gasteiger partial charge >= 0.3 is 5.97 Å². The van der Waals surface area contributed by atoms with Crippen molar-refractivity contribution in [3.8, 4) is 11.5 Å². The number of likely N-dealkylation sites (tertiary alicyclic amines) is 1. The second-order valence-corrected chi connectivity index (χ2v) is 6.99. The Morgan fingerprint density at radius 3 is 2.96 bits per heavy atom. The zero-order chi connectivity index (χ0) is 17.3. The molecule has 0 radical (unpaired) electrons. The average Bonchev–Trinajstić information content (AvgIpc) is 3.33. The van der Waals surface area contributed by atoms with E-state index in [0.717, 1.165) is 5.56 Å². The van der Waals surface area contributed by atoms with Crippen molar-refractivity contribution in [1.82, 2.24) is 4.90 Å². The van der Waals surface area contributed by atoms with Crippen molar-refractivity contribution in [1.29, 1.82) is 0 Å². The van der Waals surface area contributed by atoms with E-state index in [1.54, 1.807) is 11.0 Å². The summed E-state index contributed by atoms with van der Waals surface area (Å²) in [6.45, 7) is 2.49. The Labute approximate surface area is 143 Å². The minimum atomic E-state index is -0.979. The number of carboxylic acids is 1. The molecule has 7 heteroatoms. The molecule has 7 nitrogen and oxygen atoms in total. The molecule has 1 amide bonds. The quantitative estimate of drug-likeness (QED) is 0.834. The molecule has 4 heterocycles. The Morgan fingerprint density at radius 2 is 2.16 bits per heavy atom. The molecule has 4 aliphatic rings. The van der Waals surface area contributed by atoms with Crippen molar-refractivity contribution in [2.75, 3.05) is 13.3 Å². The van der Waals surface area contributed by atoms with Gasteiger partial charge in [0.2, 0.25) is 12.7 Å². The number of benzene rings is 1. The van der Waals surface area contributed by atoms with Crippen LogP contribution in [0.25, 0.3) is 0 Å². The predicted molar refractivity (Wildman–Crippen MR) is 84.1 cm³/mol. The normalized spacial score (nSPS) is 35.3. The topological polar surface area (TPSA) is 85.3 Å². The molecule has 2 bridgehead atoms. The molecule has 4 aliphatic heterocycles. The summed E-state index contributed by atoms with van der Waals surface area (Å²) in [7, 11) is 0. The van der Waals surface area contributed by atoms with E-state index in [1.807, 2.05) is 31.2 Å². The van der Waals surface area contributed by atoms with E-state index in [0.29, 0.717) is 18.0 Å². The van der Waals surface area contributed by atoms with Gasteiger partial charge in [-0.25, -0.2) is 0 Å². The molecule has 1 aromatic carbocycles. The first-order valence-corrected chi connectivity index (χ1v) is 8.30. The van der Waals surface area contributed by atoms with E-state index in [9.17, 15) is 14.7 Å². The summed E-state index contributed by atoms with van der Waals surface area (Å²) in [6, 6.07) is 5.39. The molecule has 130 valence electrons. The average molecular weight is 343 g/mol. The third-order valence-electron chi connectivity index (χ3n) is 5.76. The molecule has 0 saturated carbocycles. The summed E-state index contributed by atoms with van der Waals surface area (Å²) >= 11 is 0. The minimum absolute atomic E-state index is 0.163. The van der Waals surface area contributed by atoms with Crippen molar-refractivity contribution in [3.05, 3.63) is 35.9 Å². The number of carboxylic acid groups (broad SMARTS) is 1. The van der Waals surface area contributed by atoms with Crippen LogP contribution in [-0.4, -0.2) is 46.9 Å². The van der Waals surface area contributed by atoms with Crippen LogP contribution in [0.4, 0.5) is 0 Å². The largest absolute Gasteiger partial charge is 0.481 e. The highest BCUT2D eigenvalue weighted by Gasteiger charge is 2.67. The summed E-state index contributed by atoms with van der Waals surface area (Å²) in [5.41, 5.74) is 0.106. The monoisotopic (exact) mass is 343 g/mol. The number of amides is 1. The van der Waals surface area contributed by atoms with Gasteiger partial charge in [-0.05, 0) is 24.6 Å². The smallest absolute Gasteiger partial charge is 0.310 e. The second kappa shape index (κ2) is 4.76. The summed E-state index contributed by atoms with van der Waals surface area (Å²) < 4.78 is 16.7. The SMILES string of the molecule is C[C@H](c1ccc2c(c1)OCO2)N1C[C@@]23C=C[C@@H](O2)[C@H](C(=O)O)[C@@H]3C1=O. The molecular weight excluding hydrogens is 326 g/mol. The van der Waals surface area contributed by atoms with Crippen LogP contribution in [0, 0.1) is 11.8 Å². The van der Waals surface area contributed by atoms with Gasteiger partial charge in [-0.2, -0.15) is 0 Å². The number of carbonyl (C=O) groups is 2. The van der Waals surface area contributed by atoms with Gasteiger partial charge in [0, 0.05) is 0 Å². The van der Waals surface area contributed by atoms with E-state index in [1.165, 1.54) is 0 Å². The summed E-state index contributed by atoms with van der Waals surface area (Å²) in [6.07, 6.45) is 3.14. The zero-order valence-electron chi connectivity index (χ0n) is 13.5. The van der Waals surface area contributed by atoms with Crippen LogP contribution in [0.15, 0.2) is 30.4 Å². The molecule has 1 aromatic rings. The molecule has 0 unspecified atom stereocenters. The molecular formula is C18H17NO6. The maximum absolute atomic E-state index is 13.0. The molecule has 1 N–H and O–H groups in total. The number of aliphatic carboxylic acids is 1. The highest BCUT2D eigenvalue weighted by Crippen LogP contribution is 2.53. The van der Waals surface area contributed by atoms with E-state index in [4.69, 9.17) is 14.2 Å². The number of nitrogens with zero attached hydrogens (tertiary/aromatic N) is 1. The molecule has 25 heavy (non-hydrogen) atoms. The lowest BCUT2D eigenvalue weighted by Crippen LogP contribution is -2.39. The molecule has 2 saturated heterocycles. The van der Waals surface area contributed by atoms with Crippen LogP contribution in [0.3, 0.4) is 0 Å². The fraction of sp³-hybridized carbons (Fsp3) is 0.444. The lowest BCUT2D eigenvalue weighted by atomic mass is 9.77. The Morgan fingerprint density at radius 1 is 1.36 bits per heavy atom. The fourth-order valence-electron chi connectivity index (χ4n) is 4.49. The maximum Gasteiger partial charge on any atom is 0.310 e. The molecule has 0 aliphatic carbocycles. The van der Waals surface area contributed by atoms with Crippen LogP contribution in [0.5, 0.6) is 11.5 Å².